The van der Waals surface area contributed by atoms with Crippen LogP contribution in [0.2, 0.25) is 5.02 Å². The average molecular weight is 415 g/mol. The van der Waals surface area contributed by atoms with Crippen molar-refractivity contribution in [2.75, 3.05) is 27.3 Å². The molecule has 7 heteroatoms. The molecule has 6 nitrogen and oxygen atoms in total. The minimum absolute atomic E-state index is 0.528. The van der Waals surface area contributed by atoms with Crippen LogP contribution >= 0.6 is 11.6 Å². The van der Waals surface area contributed by atoms with Crippen LogP contribution in [-0.2, 0) is 13.0 Å². The molecular weight excluding hydrogens is 388 g/mol. The van der Waals surface area contributed by atoms with Gasteiger partial charge in [0.15, 0.2) is 17.5 Å². The minimum atomic E-state index is 0.528. The molecule has 0 radical (unpaired) electrons. The molecule has 0 saturated carbocycles. The summed E-state index contributed by atoms with van der Waals surface area (Å²) in [6.07, 6.45) is 2.96. The number of hydrogen-bond acceptors (Lipinski definition) is 3. The molecule has 3 rings (SSSR count). The van der Waals surface area contributed by atoms with Gasteiger partial charge in [-0.05, 0) is 42.7 Å². The maximum Gasteiger partial charge on any atom is 0.191 e. The maximum absolute atomic E-state index is 6.35. The van der Waals surface area contributed by atoms with Crippen molar-refractivity contribution in [2.45, 2.75) is 19.9 Å². The highest BCUT2D eigenvalue weighted by molar-refractivity contribution is 6.32. The smallest absolute Gasteiger partial charge is 0.191 e. The maximum atomic E-state index is 6.35. The molecule has 2 aromatic carbocycles. The van der Waals surface area contributed by atoms with E-state index in [9.17, 15) is 0 Å². The van der Waals surface area contributed by atoms with Crippen LogP contribution in [0, 0.1) is 0 Å². The minimum Gasteiger partial charge on any atom is -0.493 e. The first kappa shape index (κ1) is 20.9. The molecule has 0 aliphatic carbocycles. The Kier molecular flexibility index (Phi) is 7.25. The second-order valence-corrected chi connectivity index (χ2v) is 6.91. The number of hydrogen-bond donors (Lipinski definition) is 3. The molecule has 0 atom stereocenters. The van der Waals surface area contributed by atoms with Gasteiger partial charge in [0, 0.05) is 37.2 Å². The third-order valence-electron chi connectivity index (χ3n) is 4.62. The highest BCUT2D eigenvalue weighted by Gasteiger charge is 2.12. The van der Waals surface area contributed by atoms with Crippen LogP contribution in [0.3, 0.4) is 0 Å². The highest BCUT2D eigenvalue weighted by atomic mass is 35.5. The molecule has 29 heavy (non-hydrogen) atoms. The van der Waals surface area contributed by atoms with E-state index < -0.39 is 0 Å². The van der Waals surface area contributed by atoms with Crippen molar-refractivity contribution >= 4 is 28.5 Å². The Morgan fingerprint density at radius 3 is 2.79 bits per heavy atom. The molecule has 0 saturated heterocycles. The number of nitrogens with zero attached hydrogens (tertiary/aromatic N) is 1. The summed E-state index contributed by atoms with van der Waals surface area (Å²) in [4.78, 5) is 7.60. The molecule has 0 aliphatic heterocycles. The first-order valence-electron chi connectivity index (χ1n) is 9.65. The standard InChI is InChI=1S/C22H27ClN4O2/c1-4-29-21-18(23)11-15(12-20(21)28-3)13-27-22(24-2)25-10-9-16-14-26-19-8-6-5-7-17(16)19/h5-8,11-12,14,26H,4,9-10,13H2,1-3H3,(H2,24,25,27). The number of para-hydroxylation sites is 1. The van der Waals surface area contributed by atoms with Crippen LogP contribution in [0.1, 0.15) is 18.1 Å². The first-order valence-corrected chi connectivity index (χ1v) is 10.0. The fraction of sp³-hybridized carbons (Fsp3) is 0.318. The van der Waals surface area contributed by atoms with Crippen molar-refractivity contribution in [3.8, 4) is 11.5 Å². The van der Waals surface area contributed by atoms with Gasteiger partial charge in [0.2, 0.25) is 0 Å². The van der Waals surface area contributed by atoms with Crippen molar-refractivity contribution < 1.29 is 9.47 Å². The molecule has 0 spiro atoms. The van der Waals surface area contributed by atoms with Crippen molar-refractivity contribution in [2.24, 2.45) is 4.99 Å². The second-order valence-electron chi connectivity index (χ2n) is 6.50. The Balaban J connectivity index is 1.56. The second kappa shape index (κ2) is 10.1. The van der Waals surface area contributed by atoms with E-state index in [0.717, 1.165) is 30.0 Å². The van der Waals surface area contributed by atoms with E-state index in [2.05, 4.69) is 45.0 Å². The van der Waals surface area contributed by atoms with Crippen LogP contribution < -0.4 is 20.1 Å². The third-order valence-corrected chi connectivity index (χ3v) is 4.90. The molecule has 0 amide bonds. The molecule has 0 bridgehead atoms. The van der Waals surface area contributed by atoms with Gasteiger partial charge in [0.25, 0.3) is 0 Å². The summed E-state index contributed by atoms with van der Waals surface area (Å²) in [5.74, 6) is 1.92. The van der Waals surface area contributed by atoms with Gasteiger partial charge in [-0.15, -0.1) is 0 Å². The Hall–Kier alpha value is -2.86. The zero-order chi connectivity index (χ0) is 20.6. The molecular formula is C22H27ClN4O2. The van der Waals surface area contributed by atoms with Crippen LogP contribution in [0.5, 0.6) is 11.5 Å². The molecule has 0 fully saturated rings. The summed E-state index contributed by atoms with van der Waals surface area (Å²) in [5, 5.41) is 8.45. The Morgan fingerprint density at radius 1 is 1.21 bits per heavy atom. The number of rotatable bonds is 8. The van der Waals surface area contributed by atoms with Crippen LogP contribution in [-0.4, -0.2) is 38.3 Å². The highest BCUT2D eigenvalue weighted by Crippen LogP contribution is 2.36. The molecule has 0 aliphatic rings. The zero-order valence-electron chi connectivity index (χ0n) is 17.0. The SMILES string of the molecule is CCOc1c(Cl)cc(CNC(=NC)NCCc2c[nH]c3ccccc23)cc1OC. The fourth-order valence-electron chi connectivity index (χ4n) is 3.22. The van der Waals surface area contributed by atoms with Crippen LogP contribution in [0.4, 0.5) is 0 Å². The number of aromatic nitrogens is 1. The number of halogens is 1. The molecule has 154 valence electrons. The van der Waals surface area contributed by atoms with Gasteiger partial charge in [-0.1, -0.05) is 29.8 Å². The predicted octanol–water partition coefficient (Wildman–Crippen LogP) is 4.14. The summed E-state index contributed by atoms with van der Waals surface area (Å²) in [5.41, 5.74) is 3.42. The number of ether oxygens (including phenoxy) is 2. The molecule has 1 heterocycles. The normalized spacial score (nSPS) is 11.5. The Bertz CT molecular complexity index is 984. The number of methoxy groups -OCH3 is 1. The monoisotopic (exact) mass is 414 g/mol. The quantitative estimate of drug-likeness (QED) is 0.382. The molecule has 0 unspecified atom stereocenters. The lowest BCUT2D eigenvalue weighted by atomic mass is 10.1. The summed E-state index contributed by atoms with van der Waals surface area (Å²) in [6.45, 7) is 3.78. The van der Waals surface area contributed by atoms with E-state index in [1.54, 1.807) is 14.2 Å². The van der Waals surface area contributed by atoms with E-state index in [0.29, 0.717) is 29.7 Å². The van der Waals surface area contributed by atoms with E-state index >= 15 is 0 Å². The van der Waals surface area contributed by atoms with Gasteiger partial charge >= 0.3 is 0 Å². The number of guanidine groups is 1. The topological polar surface area (TPSA) is 70.7 Å². The van der Waals surface area contributed by atoms with Crippen LogP contribution in [0.25, 0.3) is 10.9 Å². The van der Waals surface area contributed by atoms with E-state index in [1.807, 2.05) is 25.1 Å². The van der Waals surface area contributed by atoms with Gasteiger partial charge in [0.1, 0.15) is 0 Å². The average Bonchev–Trinajstić information content (AvgIpc) is 3.15. The molecule has 3 aromatic rings. The summed E-state index contributed by atoms with van der Waals surface area (Å²) < 4.78 is 11.0. The summed E-state index contributed by atoms with van der Waals surface area (Å²) >= 11 is 6.35. The van der Waals surface area contributed by atoms with Crippen molar-refractivity contribution in [1.29, 1.82) is 0 Å². The number of benzene rings is 2. The molecule has 3 N–H and O–H groups in total. The Morgan fingerprint density at radius 2 is 2.03 bits per heavy atom. The number of aromatic amines is 1. The van der Waals surface area contributed by atoms with Gasteiger partial charge in [-0.3, -0.25) is 4.99 Å². The number of nitrogens with one attached hydrogen (secondary N) is 3. The largest absolute Gasteiger partial charge is 0.493 e. The van der Waals surface area contributed by atoms with Crippen molar-refractivity contribution in [1.82, 2.24) is 15.6 Å². The Labute approximate surface area is 176 Å². The van der Waals surface area contributed by atoms with E-state index in [1.165, 1.54) is 10.9 Å². The lowest BCUT2D eigenvalue weighted by molar-refractivity contribution is 0.311. The van der Waals surface area contributed by atoms with Gasteiger partial charge < -0.3 is 25.1 Å². The number of aliphatic imine (C=N–C) groups is 1. The summed E-state index contributed by atoms with van der Waals surface area (Å²) in [7, 11) is 3.36. The first-order chi connectivity index (χ1) is 14.2. The number of H-pyrrole nitrogens is 1. The van der Waals surface area contributed by atoms with Crippen LogP contribution in [0.15, 0.2) is 47.6 Å². The lowest BCUT2D eigenvalue weighted by Crippen LogP contribution is -2.37. The van der Waals surface area contributed by atoms with Gasteiger partial charge in [-0.25, -0.2) is 0 Å². The third kappa shape index (κ3) is 5.15. The number of fused-ring (bicyclic) bond motifs is 1. The fourth-order valence-corrected chi connectivity index (χ4v) is 3.51. The van der Waals surface area contributed by atoms with Gasteiger partial charge in [-0.2, -0.15) is 0 Å². The molecule has 1 aromatic heterocycles. The van der Waals surface area contributed by atoms with Gasteiger partial charge in [0.05, 0.1) is 18.7 Å². The van der Waals surface area contributed by atoms with Crippen molar-refractivity contribution in [3.63, 3.8) is 0 Å². The lowest BCUT2D eigenvalue weighted by Gasteiger charge is -2.15. The van der Waals surface area contributed by atoms with E-state index in [4.69, 9.17) is 21.1 Å². The summed E-state index contributed by atoms with van der Waals surface area (Å²) in [6, 6.07) is 12.1. The van der Waals surface area contributed by atoms with Crippen molar-refractivity contribution in [3.05, 3.63) is 58.7 Å². The van der Waals surface area contributed by atoms with E-state index in [-0.39, 0.29) is 0 Å². The zero-order valence-corrected chi connectivity index (χ0v) is 17.8. The predicted molar refractivity (Wildman–Crippen MR) is 119 cm³/mol.